The minimum Gasteiger partial charge on any atom is -0.351 e. The van der Waals surface area contributed by atoms with Gasteiger partial charge in [0.1, 0.15) is 0 Å². The van der Waals surface area contributed by atoms with E-state index in [0.29, 0.717) is 16.4 Å². The molecule has 0 radical (unpaired) electrons. The van der Waals surface area contributed by atoms with Gasteiger partial charge in [-0.1, -0.05) is 43.6 Å². The summed E-state index contributed by atoms with van der Waals surface area (Å²) in [6.45, 7) is 7.68. The number of nitrogens with zero attached hydrogens (tertiary/aromatic N) is 2. The third-order valence-corrected chi connectivity index (χ3v) is 5.65. The van der Waals surface area contributed by atoms with Crippen LogP contribution in [0.25, 0.3) is 21.5 Å². The maximum atomic E-state index is 12.8. The second-order valence-electron chi connectivity index (χ2n) is 5.96. The largest absolute Gasteiger partial charge is 0.351 e. The van der Waals surface area contributed by atoms with Gasteiger partial charge in [0.2, 0.25) is 0 Å². The van der Waals surface area contributed by atoms with Crippen LogP contribution in [0.4, 0.5) is 0 Å². The topological polar surface area (TPSA) is 45.2 Å². The molecule has 0 aliphatic carbocycles. The monoisotopic (exact) mass is 387 g/mol. The molecule has 0 saturated heterocycles. The molecular weight excluding hydrogens is 366 g/mol. The molecule has 1 amide bonds. The number of halogens is 1. The summed E-state index contributed by atoms with van der Waals surface area (Å²) < 4.78 is 0.709. The van der Waals surface area contributed by atoms with E-state index in [1.807, 2.05) is 42.5 Å². The Morgan fingerprint density at radius 1 is 1.19 bits per heavy atom. The van der Waals surface area contributed by atoms with E-state index in [1.165, 1.54) is 11.3 Å². The molecule has 6 heteroatoms. The van der Waals surface area contributed by atoms with Crippen molar-refractivity contribution in [3.63, 3.8) is 0 Å². The summed E-state index contributed by atoms with van der Waals surface area (Å²) in [6.07, 6.45) is 0. The zero-order chi connectivity index (χ0) is 18.5. The molecule has 0 spiro atoms. The predicted molar refractivity (Wildman–Crippen MR) is 110 cm³/mol. The van der Waals surface area contributed by atoms with Gasteiger partial charge in [0.25, 0.3) is 5.91 Å². The number of hydrogen-bond donors (Lipinski definition) is 1. The lowest BCUT2D eigenvalue weighted by molar-refractivity contribution is 0.0950. The smallest absolute Gasteiger partial charge is 0.252 e. The number of amides is 1. The predicted octanol–water partition coefficient (Wildman–Crippen LogP) is 4.69. The Morgan fingerprint density at radius 2 is 1.96 bits per heavy atom. The number of hydrogen-bond acceptors (Lipinski definition) is 4. The standard InChI is InChI=1S/C20H22ClN3OS/c1-3-24(4-2)12-11-22-20(25)15-13-17(18-9-10-19(21)26-18)23-16-8-6-5-7-14(15)16/h5-10,13H,3-4,11-12H2,1-2H3,(H,22,25). The maximum absolute atomic E-state index is 12.8. The zero-order valence-corrected chi connectivity index (χ0v) is 16.5. The summed E-state index contributed by atoms with van der Waals surface area (Å²) in [5.41, 5.74) is 2.23. The lowest BCUT2D eigenvalue weighted by Crippen LogP contribution is -2.34. The number of fused-ring (bicyclic) bond motifs is 1. The molecule has 26 heavy (non-hydrogen) atoms. The first-order valence-electron chi connectivity index (χ1n) is 8.78. The van der Waals surface area contributed by atoms with E-state index < -0.39 is 0 Å². The number of carbonyl (C=O) groups is 1. The molecule has 2 aromatic heterocycles. The van der Waals surface area contributed by atoms with Crippen molar-refractivity contribution in [2.45, 2.75) is 13.8 Å². The lowest BCUT2D eigenvalue weighted by atomic mass is 10.1. The van der Waals surface area contributed by atoms with Crippen molar-refractivity contribution < 1.29 is 4.79 Å². The van der Waals surface area contributed by atoms with Crippen molar-refractivity contribution in [2.75, 3.05) is 26.2 Å². The second-order valence-corrected chi connectivity index (χ2v) is 7.67. The van der Waals surface area contributed by atoms with Crippen LogP contribution < -0.4 is 5.32 Å². The van der Waals surface area contributed by atoms with Gasteiger partial charge in [-0.05, 0) is 37.4 Å². The highest BCUT2D eigenvalue weighted by Gasteiger charge is 2.14. The third-order valence-electron chi connectivity index (χ3n) is 4.39. The Balaban J connectivity index is 1.89. The first-order chi connectivity index (χ1) is 12.6. The van der Waals surface area contributed by atoms with Crippen LogP contribution in [0.15, 0.2) is 42.5 Å². The van der Waals surface area contributed by atoms with Crippen LogP contribution in [0.3, 0.4) is 0 Å². The summed E-state index contributed by atoms with van der Waals surface area (Å²) in [7, 11) is 0. The summed E-state index contributed by atoms with van der Waals surface area (Å²) in [5, 5.41) is 3.90. The Hall–Kier alpha value is -1.95. The van der Waals surface area contributed by atoms with E-state index >= 15 is 0 Å². The van der Waals surface area contributed by atoms with Crippen molar-refractivity contribution in [1.82, 2.24) is 15.2 Å². The highest BCUT2D eigenvalue weighted by Crippen LogP contribution is 2.32. The van der Waals surface area contributed by atoms with E-state index in [1.54, 1.807) is 0 Å². The molecule has 0 aliphatic heterocycles. The van der Waals surface area contributed by atoms with Crippen molar-refractivity contribution in [3.8, 4) is 10.6 Å². The summed E-state index contributed by atoms with van der Waals surface area (Å²) in [4.78, 5) is 20.8. The Kier molecular flexibility index (Phi) is 6.25. The highest BCUT2D eigenvalue weighted by atomic mass is 35.5. The van der Waals surface area contributed by atoms with Gasteiger partial charge in [-0.3, -0.25) is 4.79 Å². The first-order valence-corrected chi connectivity index (χ1v) is 9.97. The Morgan fingerprint density at radius 3 is 2.65 bits per heavy atom. The number of benzene rings is 1. The lowest BCUT2D eigenvalue weighted by Gasteiger charge is -2.18. The summed E-state index contributed by atoms with van der Waals surface area (Å²) in [6, 6.07) is 13.4. The van der Waals surface area contributed by atoms with E-state index in [4.69, 9.17) is 16.6 Å². The second kappa shape index (κ2) is 8.62. The minimum absolute atomic E-state index is 0.0698. The van der Waals surface area contributed by atoms with Crippen molar-refractivity contribution >= 4 is 39.7 Å². The van der Waals surface area contributed by atoms with Crippen LogP contribution in [0, 0.1) is 0 Å². The SMILES string of the molecule is CCN(CC)CCNC(=O)c1cc(-c2ccc(Cl)s2)nc2ccccc12. The molecule has 1 N–H and O–H groups in total. The van der Waals surface area contributed by atoms with Gasteiger partial charge in [-0.2, -0.15) is 0 Å². The molecule has 2 heterocycles. The average Bonchev–Trinajstić information content (AvgIpc) is 3.10. The fourth-order valence-corrected chi connectivity index (χ4v) is 3.91. The van der Waals surface area contributed by atoms with Crippen LogP contribution in [-0.2, 0) is 0 Å². The number of likely N-dealkylation sites (N-methyl/N-ethyl adjacent to an activating group) is 1. The van der Waals surface area contributed by atoms with Crippen LogP contribution in [0.5, 0.6) is 0 Å². The molecule has 0 unspecified atom stereocenters. The number of thiophene rings is 1. The average molecular weight is 388 g/mol. The van der Waals surface area contributed by atoms with Gasteiger partial charge >= 0.3 is 0 Å². The normalized spacial score (nSPS) is 11.2. The third kappa shape index (κ3) is 4.23. The van der Waals surface area contributed by atoms with Crippen molar-refractivity contribution in [1.29, 1.82) is 0 Å². The fraction of sp³-hybridized carbons (Fsp3) is 0.300. The van der Waals surface area contributed by atoms with Gasteiger partial charge in [-0.15, -0.1) is 11.3 Å². The molecule has 0 fully saturated rings. The van der Waals surface area contributed by atoms with E-state index in [9.17, 15) is 4.79 Å². The first kappa shape index (κ1) is 18.8. The molecule has 136 valence electrons. The number of pyridine rings is 1. The molecule has 0 aliphatic rings. The molecule has 1 aromatic carbocycles. The van der Waals surface area contributed by atoms with Gasteiger partial charge in [0.15, 0.2) is 0 Å². The Bertz CT molecular complexity index is 905. The molecule has 0 saturated carbocycles. The maximum Gasteiger partial charge on any atom is 0.252 e. The molecule has 3 rings (SSSR count). The highest BCUT2D eigenvalue weighted by molar-refractivity contribution is 7.19. The minimum atomic E-state index is -0.0698. The number of nitrogens with one attached hydrogen (secondary N) is 1. The van der Waals surface area contributed by atoms with Crippen LogP contribution in [0.2, 0.25) is 4.34 Å². The zero-order valence-electron chi connectivity index (χ0n) is 15.0. The van der Waals surface area contributed by atoms with Gasteiger partial charge < -0.3 is 10.2 Å². The molecule has 0 bridgehead atoms. The fourth-order valence-electron chi connectivity index (χ4n) is 2.90. The number of para-hydroxylation sites is 1. The van der Waals surface area contributed by atoms with E-state index in [0.717, 1.165) is 41.1 Å². The summed E-state index contributed by atoms with van der Waals surface area (Å²) in [5.74, 6) is -0.0698. The number of aromatic nitrogens is 1. The van der Waals surface area contributed by atoms with Crippen LogP contribution in [0.1, 0.15) is 24.2 Å². The number of carbonyl (C=O) groups excluding carboxylic acids is 1. The van der Waals surface area contributed by atoms with Crippen LogP contribution >= 0.6 is 22.9 Å². The van der Waals surface area contributed by atoms with Crippen molar-refractivity contribution in [2.24, 2.45) is 0 Å². The van der Waals surface area contributed by atoms with Crippen molar-refractivity contribution in [3.05, 3.63) is 52.4 Å². The van der Waals surface area contributed by atoms with E-state index in [-0.39, 0.29) is 5.91 Å². The molecular formula is C20H22ClN3OS. The quantitative estimate of drug-likeness (QED) is 0.639. The molecule has 0 atom stereocenters. The molecule has 4 nitrogen and oxygen atoms in total. The number of rotatable bonds is 7. The molecule has 3 aromatic rings. The van der Waals surface area contributed by atoms with Gasteiger partial charge in [0, 0.05) is 18.5 Å². The van der Waals surface area contributed by atoms with E-state index in [2.05, 4.69) is 24.1 Å². The van der Waals surface area contributed by atoms with Crippen LogP contribution in [-0.4, -0.2) is 42.0 Å². The summed E-state index contributed by atoms with van der Waals surface area (Å²) >= 11 is 7.53. The van der Waals surface area contributed by atoms with Gasteiger partial charge in [0.05, 0.1) is 26.0 Å². The van der Waals surface area contributed by atoms with Gasteiger partial charge in [-0.25, -0.2) is 4.98 Å². The Labute approximate surface area is 162 Å².